The van der Waals surface area contributed by atoms with Gasteiger partial charge in [-0.25, -0.2) is 0 Å². The Hall–Kier alpha value is -1.26. The summed E-state index contributed by atoms with van der Waals surface area (Å²) in [5, 5.41) is 0. The minimum absolute atomic E-state index is 0.151. The lowest BCUT2D eigenvalue weighted by atomic mass is 10.1. The summed E-state index contributed by atoms with van der Waals surface area (Å²) >= 11 is 0. The highest BCUT2D eigenvalue weighted by Gasteiger charge is 2.15. The molecule has 0 bridgehead atoms. The second-order valence-electron chi connectivity index (χ2n) is 5.95. The van der Waals surface area contributed by atoms with Gasteiger partial charge in [0.2, 0.25) is 0 Å². The number of fused-ring (bicyclic) bond motifs is 1. The van der Waals surface area contributed by atoms with Crippen LogP contribution in [0.2, 0.25) is 0 Å². The van der Waals surface area contributed by atoms with Crippen LogP contribution < -0.4 is 15.2 Å². The Morgan fingerprint density at radius 3 is 2.58 bits per heavy atom. The third-order valence-corrected chi connectivity index (χ3v) is 3.07. The van der Waals surface area contributed by atoms with Crippen LogP contribution in [0.25, 0.3) is 0 Å². The van der Waals surface area contributed by atoms with Crippen LogP contribution >= 0.6 is 0 Å². The number of likely N-dealkylation sites (N-methyl/N-ethyl adjacent to an activating group) is 1. The predicted octanol–water partition coefficient (Wildman–Crippen LogP) is 1.67. The molecule has 0 amide bonds. The first kappa shape index (κ1) is 14.2. The number of hydrogen-bond donors (Lipinski definition) is 1. The van der Waals surface area contributed by atoms with Gasteiger partial charge in [0.1, 0.15) is 13.2 Å². The highest BCUT2D eigenvalue weighted by atomic mass is 16.6. The quantitative estimate of drug-likeness (QED) is 0.879. The van der Waals surface area contributed by atoms with Crippen molar-refractivity contribution in [3.63, 3.8) is 0 Å². The Kier molecular flexibility index (Phi) is 4.32. The summed E-state index contributed by atoms with van der Waals surface area (Å²) in [4.78, 5) is 2.26. The van der Waals surface area contributed by atoms with Crippen molar-refractivity contribution in [1.82, 2.24) is 4.90 Å². The summed E-state index contributed by atoms with van der Waals surface area (Å²) in [5.41, 5.74) is 7.14. The van der Waals surface area contributed by atoms with E-state index in [1.807, 2.05) is 19.9 Å². The largest absolute Gasteiger partial charge is 0.486 e. The molecule has 0 fully saturated rings. The third kappa shape index (κ3) is 4.40. The molecule has 1 aromatic rings. The number of rotatable bonds is 5. The zero-order valence-corrected chi connectivity index (χ0v) is 12.1. The van der Waals surface area contributed by atoms with Crippen molar-refractivity contribution in [2.75, 3.05) is 33.4 Å². The molecule has 0 aromatic heterocycles. The van der Waals surface area contributed by atoms with Crippen molar-refractivity contribution in [2.45, 2.75) is 25.8 Å². The topological polar surface area (TPSA) is 47.7 Å². The molecule has 0 spiro atoms. The molecule has 0 saturated carbocycles. The average molecular weight is 264 g/mol. The summed E-state index contributed by atoms with van der Waals surface area (Å²) in [6.07, 6.45) is 0.989. The molecule has 2 N–H and O–H groups in total. The van der Waals surface area contributed by atoms with E-state index in [0.29, 0.717) is 13.2 Å². The lowest BCUT2D eigenvalue weighted by Crippen LogP contribution is -2.44. The summed E-state index contributed by atoms with van der Waals surface area (Å²) in [6.45, 7) is 7.25. The monoisotopic (exact) mass is 264 g/mol. The smallest absolute Gasteiger partial charge is 0.161 e. The van der Waals surface area contributed by atoms with E-state index in [9.17, 15) is 0 Å². The molecular formula is C15H24N2O2. The first-order valence-corrected chi connectivity index (χ1v) is 6.80. The van der Waals surface area contributed by atoms with Crippen LogP contribution in [0.15, 0.2) is 18.2 Å². The minimum atomic E-state index is -0.151. The molecule has 1 aliphatic heterocycles. The minimum Gasteiger partial charge on any atom is -0.486 e. The second-order valence-corrected chi connectivity index (χ2v) is 5.95. The predicted molar refractivity (Wildman–Crippen MR) is 76.9 cm³/mol. The number of hydrogen-bond acceptors (Lipinski definition) is 4. The van der Waals surface area contributed by atoms with Gasteiger partial charge in [0, 0.05) is 18.6 Å². The van der Waals surface area contributed by atoms with Crippen LogP contribution in [0, 0.1) is 0 Å². The SMILES string of the molecule is CN(CCc1ccc2c(c1)OCCO2)CC(C)(C)N. The van der Waals surface area contributed by atoms with Crippen LogP contribution in [0.1, 0.15) is 19.4 Å². The van der Waals surface area contributed by atoms with Gasteiger partial charge >= 0.3 is 0 Å². The molecule has 0 unspecified atom stereocenters. The molecule has 1 aromatic carbocycles. The highest BCUT2D eigenvalue weighted by Crippen LogP contribution is 2.30. The van der Waals surface area contributed by atoms with E-state index in [1.54, 1.807) is 0 Å². The van der Waals surface area contributed by atoms with Gasteiger partial charge in [-0.05, 0) is 45.0 Å². The number of benzene rings is 1. The Balaban J connectivity index is 1.89. The molecule has 0 saturated heterocycles. The standard InChI is InChI=1S/C15H24N2O2/c1-15(2,16)11-17(3)7-6-12-4-5-13-14(10-12)19-9-8-18-13/h4-5,10H,6-9,11,16H2,1-3H3. The fourth-order valence-corrected chi connectivity index (χ4v) is 2.34. The van der Waals surface area contributed by atoms with Crippen LogP contribution in [0.3, 0.4) is 0 Å². The van der Waals surface area contributed by atoms with E-state index in [1.165, 1.54) is 5.56 Å². The van der Waals surface area contributed by atoms with E-state index >= 15 is 0 Å². The summed E-state index contributed by atoms with van der Waals surface area (Å²) in [7, 11) is 2.10. The number of nitrogens with zero attached hydrogens (tertiary/aromatic N) is 1. The van der Waals surface area contributed by atoms with E-state index in [0.717, 1.165) is 31.0 Å². The zero-order valence-electron chi connectivity index (χ0n) is 12.1. The van der Waals surface area contributed by atoms with Gasteiger partial charge in [-0.15, -0.1) is 0 Å². The molecule has 1 heterocycles. The van der Waals surface area contributed by atoms with Gasteiger partial charge < -0.3 is 20.1 Å². The Labute approximate surface area is 115 Å². The fraction of sp³-hybridized carbons (Fsp3) is 0.600. The maximum atomic E-state index is 6.02. The van der Waals surface area contributed by atoms with Crippen molar-refractivity contribution < 1.29 is 9.47 Å². The van der Waals surface area contributed by atoms with Crippen molar-refractivity contribution in [2.24, 2.45) is 5.73 Å². The Morgan fingerprint density at radius 2 is 1.89 bits per heavy atom. The molecule has 106 valence electrons. The number of ether oxygens (including phenoxy) is 2. The van der Waals surface area contributed by atoms with Gasteiger partial charge in [0.25, 0.3) is 0 Å². The van der Waals surface area contributed by atoms with Crippen molar-refractivity contribution in [1.29, 1.82) is 0 Å². The van der Waals surface area contributed by atoms with E-state index in [-0.39, 0.29) is 5.54 Å². The van der Waals surface area contributed by atoms with Crippen molar-refractivity contribution in [3.8, 4) is 11.5 Å². The summed E-state index contributed by atoms with van der Waals surface area (Å²) < 4.78 is 11.1. The van der Waals surface area contributed by atoms with Gasteiger partial charge in [-0.2, -0.15) is 0 Å². The van der Waals surface area contributed by atoms with Gasteiger partial charge in [0.05, 0.1) is 0 Å². The summed E-state index contributed by atoms with van der Waals surface area (Å²) in [5.74, 6) is 1.72. The van der Waals surface area contributed by atoms with Crippen LogP contribution in [0.5, 0.6) is 11.5 Å². The maximum Gasteiger partial charge on any atom is 0.161 e. The molecular weight excluding hydrogens is 240 g/mol. The van der Waals surface area contributed by atoms with Crippen LogP contribution in [-0.4, -0.2) is 43.8 Å². The van der Waals surface area contributed by atoms with Crippen LogP contribution in [0.4, 0.5) is 0 Å². The molecule has 1 aliphatic rings. The molecule has 4 nitrogen and oxygen atoms in total. The fourth-order valence-electron chi connectivity index (χ4n) is 2.34. The first-order valence-electron chi connectivity index (χ1n) is 6.80. The molecule has 0 atom stereocenters. The zero-order chi connectivity index (χ0) is 13.9. The van der Waals surface area contributed by atoms with Crippen LogP contribution in [-0.2, 0) is 6.42 Å². The molecule has 4 heteroatoms. The van der Waals surface area contributed by atoms with Gasteiger partial charge in [-0.1, -0.05) is 6.07 Å². The van der Waals surface area contributed by atoms with E-state index < -0.39 is 0 Å². The highest BCUT2D eigenvalue weighted by molar-refractivity contribution is 5.43. The van der Waals surface area contributed by atoms with Crippen molar-refractivity contribution >= 4 is 0 Å². The van der Waals surface area contributed by atoms with Gasteiger partial charge in [0.15, 0.2) is 11.5 Å². The van der Waals surface area contributed by atoms with E-state index in [4.69, 9.17) is 15.2 Å². The lowest BCUT2D eigenvalue weighted by molar-refractivity contribution is 0.171. The number of nitrogens with two attached hydrogens (primary N) is 1. The third-order valence-electron chi connectivity index (χ3n) is 3.07. The molecule has 19 heavy (non-hydrogen) atoms. The molecule has 2 rings (SSSR count). The first-order chi connectivity index (χ1) is 8.94. The van der Waals surface area contributed by atoms with E-state index in [2.05, 4.69) is 24.1 Å². The Bertz CT molecular complexity index is 427. The lowest BCUT2D eigenvalue weighted by Gasteiger charge is -2.26. The Morgan fingerprint density at radius 1 is 1.21 bits per heavy atom. The second kappa shape index (κ2) is 5.80. The maximum absolute atomic E-state index is 6.02. The molecule has 0 aliphatic carbocycles. The molecule has 0 radical (unpaired) electrons. The van der Waals surface area contributed by atoms with Crippen molar-refractivity contribution in [3.05, 3.63) is 23.8 Å². The normalized spacial score (nSPS) is 14.8. The van der Waals surface area contributed by atoms with Gasteiger partial charge in [-0.3, -0.25) is 0 Å². The summed E-state index contributed by atoms with van der Waals surface area (Å²) in [6, 6.07) is 6.18. The average Bonchev–Trinajstić information content (AvgIpc) is 2.34.